The summed E-state index contributed by atoms with van der Waals surface area (Å²) in [6.45, 7) is 3.87. The zero-order valence-corrected chi connectivity index (χ0v) is 14.6. The molecule has 0 aliphatic carbocycles. The summed E-state index contributed by atoms with van der Waals surface area (Å²) in [5, 5.41) is 3.57. The Morgan fingerprint density at radius 1 is 1.12 bits per heavy atom. The Morgan fingerprint density at radius 2 is 1.83 bits per heavy atom. The molecule has 4 heteroatoms. The molecule has 0 aliphatic heterocycles. The first-order chi connectivity index (χ1) is 11.7. The van der Waals surface area contributed by atoms with Crippen LogP contribution in [0.4, 0.5) is 0 Å². The zero-order valence-electron chi connectivity index (χ0n) is 13.8. The van der Waals surface area contributed by atoms with Crippen molar-refractivity contribution in [3.05, 3.63) is 70.7 Å². The molecule has 0 heterocycles. The number of hydrogen-bond donors (Lipinski definition) is 1. The summed E-state index contributed by atoms with van der Waals surface area (Å²) in [6.07, 6.45) is 2.61. The third kappa shape index (κ3) is 5.52. The van der Waals surface area contributed by atoms with Gasteiger partial charge in [0.25, 0.3) is 5.91 Å². The number of carbonyl (C=O) groups excluding carboxylic acids is 1. The molecule has 0 fully saturated rings. The smallest absolute Gasteiger partial charge is 0.251 e. The van der Waals surface area contributed by atoms with Gasteiger partial charge in [-0.25, -0.2) is 0 Å². The van der Waals surface area contributed by atoms with Crippen LogP contribution in [0.3, 0.4) is 0 Å². The number of ether oxygens (including phenoxy) is 1. The van der Waals surface area contributed by atoms with E-state index in [-0.39, 0.29) is 5.91 Å². The topological polar surface area (TPSA) is 38.3 Å². The number of halogens is 1. The number of hydrogen-bond acceptors (Lipinski definition) is 2. The molecule has 0 saturated carbocycles. The molecule has 0 spiro atoms. The van der Waals surface area contributed by atoms with Crippen LogP contribution >= 0.6 is 11.6 Å². The number of amides is 1. The maximum atomic E-state index is 12.6. The molecule has 0 atom stereocenters. The van der Waals surface area contributed by atoms with Gasteiger partial charge in [-0.2, -0.15) is 0 Å². The Hall–Kier alpha value is -2.10. The molecule has 2 aromatic carbocycles. The highest BCUT2D eigenvalue weighted by atomic mass is 35.5. The Kier molecular flexibility index (Phi) is 7.53. The molecule has 24 heavy (non-hydrogen) atoms. The lowest BCUT2D eigenvalue weighted by molar-refractivity contribution is -0.115. The van der Waals surface area contributed by atoms with Crippen molar-refractivity contribution in [3.8, 4) is 0 Å². The van der Waals surface area contributed by atoms with Crippen LogP contribution in [0.1, 0.15) is 24.5 Å². The zero-order chi connectivity index (χ0) is 17.2. The molecule has 126 valence electrons. The molecular formula is C20H22ClNO2. The van der Waals surface area contributed by atoms with Crippen LogP contribution in [0.25, 0.3) is 11.6 Å². The predicted octanol–water partition coefficient (Wildman–Crippen LogP) is 4.42. The van der Waals surface area contributed by atoms with Crippen LogP contribution in [0, 0.1) is 0 Å². The second-order valence-corrected chi connectivity index (χ2v) is 5.66. The van der Waals surface area contributed by atoms with E-state index in [0.29, 0.717) is 30.4 Å². The van der Waals surface area contributed by atoms with Crippen molar-refractivity contribution in [2.45, 2.75) is 13.3 Å². The average molecular weight is 344 g/mol. The number of carbonyl (C=O) groups is 1. The van der Waals surface area contributed by atoms with E-state index >= 15 is 0 Å². The van der Waals surface area contributed by atoms with Gasteiger partial charge in [0.1, 0.15) is 0 Å². The van der Waals surface area contributed by atoms with Crippen molar-refractivity contribution < 1.29 is 9.53 Å². The van der Waals surface area contributed by atoms with Gasteiger partial charge >= 0.3 is 0 Å². The summed E-state index contributed by atoms with van der Waals surface area (Å²) in [6, 6.07) is 17.1. The lowest BCUT2D eigenvalue weighted by Crippen LogP contribution is -2.26. The van der Waals surface area contributed by atoms with Crippen molar-refractivity contribution in [2.24, 2.45) is 0 Å². The maximum Gasteiger partial charge on any atom is 0.251 e. The van der Waals surface area contributed by atoms with Crippen molar-refractivity contribution >= 4 is 29.2 Å². The molecule has 0 unspecified atom stereocenters. The summed E-state index contributed by atoms with van der Waals surface area (Å²) >= 11 is 6.23. The van der Waals surface area contributed by atoms with Crippen LogP contribution in [0.2, 0.25) is 5.02 Å². The van der Waals surface area contributed by atoms with E-state index < -0.39 is 0 Å². The van der Waals surface area contributed by atoms with Crippen LogP contribution < -0.4 is 5.32 Å². The second-order valence-electron chi connectivity index (χ2n) is 5.25. The number of nitrogens with one attached hydrogen (secondary N) is 1. The van der Waals surface area contributed by atoms with Crippen molar-refractivity contribution in [2.75, 3.05) is 19.8 Å². The molecule has 1 amide bonds. The lowest BCUT2D eigenvalue weighted by Gasteiger charge is -2.10. The minimum Gasteiger partial charge on any atom is -0.382 e. The van der Waals surface area contributed by atoms with Gasteiger partial charge in [-0.15, -0.1) is 0 Å². The first-order valence-corrected chi connectivity index (χ1v) is 8.47. The molecule has 3 nitrogen and oxygen atoms in total. The van der Waals surface area contributed by atoms with Gasteiger partial charge in [0, 0.05) is 30.4 Å². The molecule has 0 saturated heterocycles. The quantitative estimate of drug-likeness (QED) is 0.437. The normalized spacial score (nSPS) is 11.3. The monoisotopic (exact) mass is 343 g/mol. The van der Waals surface area contributed by atoms with Crippen molar-refractivity contribution in [1.82, 2.24) is 5.32 Å². The average Bonchev–Trinajstić information content (AvgIpc) is 2.61. The Morgan fingerprint density at radius 3 is 2.54 bits per heavy atom. The van der Waals surface area contributed by atoms with Crippen LogP contribution in [0.15, 0.2) is 54.6 Å². The fraction of sp³-hybridized carbons (Fsp3) is 0.250. The van der Waals surface area contributed by atoms with Crippen molar-refractivity contribution in [3.63, 3.8) is 0 Å². The second kappa shape index (κ2) is 9.91. The van der Waals surface area contributed by atoms with E-state index in [1.807, 2.05) is 67.6 Å². The van der Waals surface area contributed by atoms with Crippen LogP contribution in [-0.4, -0.2) is 25.7 Å². The molecule has 0 aliphatic rings. The largest absolute Gasteiger partial charge is 0.382 e. The predicted molar refractivity (Wildman–Crippen MR) is 99.9 cm³/mol. The summed E-state index contributed by atoms with van der Waals surface area (Å²) in [5.41, 5.74) is 2.28. The molecule has 0 radical (unpaired) electrons. The summed E-state index contributed by atoms with van der Waals surface area (Å²) in [5.74, 6) is -0.113. The molecule has 0 bridgehead atoms. The lowest BCUT2D eigenvalue weighted by atomic mass is 10.0. The molecule has 2 aromatic rings. The molecule has 1 N–H and O–H groups in total. The van der Waals surface area contributed by atoms with E-state index in [0.717, 1.165) is 17.5 Å². The molecular weight excluding hydrogens is 322 g/mol. The molecule has 0 aromatic heterocycles. The first kappa shape index (κ1) is 18.2. The van der Waals surface area contributed by atoms with Crippen LogP contribution in [0.5, 0.6) is 0 Å². The number of rotatable bonds is 8. The van der Waals surface area contributed by atoms with E-state index in [1.165, 1.54) is 0 Å². The van der Waals surface area contributed by atoms with Gasteiger partial charge in [0.15, 0.2) is 0 Å². The first-order valence-electron chi connectivity index (χ1n) is 8.10. The SMILES string of the molecule is CCOCCCNC(=O)/C(=C/c1ccccc1Cl)c1ccccc1. The van der Waals surface area contributed by atoms with Gasteiger partial charge in [-0.3, -0.25) is 4.79 Å². The highest BCUT2D eigenvalue weighted by Gasteiger charge is 2.12. The van der Waals surface area contributed by atoms with Gasteiger partial charge in [-0.1, -0.05) is 60.1 Å². The van der Waals surface area contributed by atoms with E-state index in [4.69, 9.17) is 16.3 Å². The Balaban J connectivity index is 2.18. The van der Waals surface area contributed by atoms with Gasteiger partial charge in [0.05, 0.1) is 0 Å². The van der Waals surface area contributed by atoms with Gasteiger partial charge < -0.3 is 10.1 Å². The summed E-state index contributed by atoms with van der Waals surface area (Å²) in [7, 11) is 0. The van der Waals surface area contributed by atoms with E-state index in [9.17, 15) is 4.79 Å². The Bertz CT molecular complexity index is 683. The maximum absolute atomic E-state index is 12.6. The Labute approximate surface area is 148 Å². The van der Waals surface area contributed by atoms with Gasteiger partial charge in [-0.05, 0) is 36.6 Å². The molecule has 2 rings (SSSR count). The van der Waals surface area contributed by atoms with Crippen molar-refractivity contribution in [1.29, 1.82) is 0 Å². The summed E-state index contributed by atoms with van der Waals surface area (Å²) < 4.78 is 5.29. The number of benzene rings is 2. The van der Waals surface area contributed by atoms with E-state index in [2.05, 4.69) is 5.32 Å². The van der Waals surface area contributed by atoms with E-state index in [1.54, 1.807) is 0 Å². The summed E-state index contributed by atoms with van der Waals surface area (Å²) in [4.78, 5) is 12.6. The third-order valence-corrected chi connectivity index (χ3v) is 3.83. The fourth-order valence-corrected chi connectivity index (χ4v) is 2.45. The fourth-order valence-electron chi connectivity index (χ4n) is 2.26. The van der Waals surface area contributed by atoms with Crippen LogP contribution in [-0.2, 0) is 9.53 Å². The minimum absolute atomic E-state index is 0.113. The minimum atomic E-state index is -0.113. The third-order valence-electron chi connectivity index (χ3n) is 3.49. The standard InChI is InChI=1S/C20H22ClNO2/c1-2-24-14-8-13-22-20(23)18(16-9-4-3-5-10-16)15-17-11-6-7-12-19(17)21/h3-7,9-12,15H,2,8,13-14H2,1H3,(H,22,23)/b18-15+. The van der Waals surface area contributed by atoms with Gasteiger partial charge in [0.2, 0.25) is 0 Å². The highest BCUT2D eigenvalue weighted by Crippen LogP contribution is 2.23. The highest BCUT2D eigenvalue weighted by molar-refractivity contribution is 6.33.